The molecular formula is C8H8BF4O2-. The standard InChI is InChI=1S/C8H8BF4O2/c1-14-5-15-6-2-3-7(8(10)4-6)9(11,12)13/h2-4H,5H2,1H3/q-1. The Morgan fingerprint density at radius 3 is 2.40 bits per heavy atom. The van der Waals surface area contributed by atoms with Gasteiger partial charge in [0.15, 0.2) is 6.79 Å². The van der Waals surface area contributed by atoms with E-state index in [2.05, 4.69) is 4.74 Å². The normalized spacial score (nSPS) is 11.5. The molecule has 0 aliphatic heterocycles. The molecule has 1 aromatic rings. The zero-order valence-corrected chi connectivity index (χ0v) is 7.84. The smallest absolute Gasteiger partial charge is 0.467 e. The molecule has 0 aliphatic rings. The van der Waals surface area contributed by atoms with Crippen molar-refractivity contribution in [3.63, 3.8) is 0 Å². The van der Waals surface area contributed by atoms with Crippen molar-refractivity contribution < 1.29 is 26.8 Å². The third kappa shape index (κ3) is 3.12. The molecule has 0 aliphatic carbocycles. The van der Waals surface area contributed by atoms with Crippen molar-refractivity contribution in [2.45, 2.75) is 0 Å². The molecule has 0 saturated carbocycles. The lowest BCUT2D eigenvalue weighted by Crippen LogP contribution is -2.36. The van der Waals surface area contributed by atoms with E-state index in [1.807, 2.05) is 0 Å². The van der Waals surface area contributed by atoms with Crippen LogP contribution in [0.15, 0.2) is 18.2 Å². The summed E-state index contributed by atoms with van der Waals surface area (Å²) in [5.74, 6) is -1.34. The highest BCUT2D eigenvalue weighted by molar-refractivity contribution is 6.73. The Kier molecular flexibility index (Phi) is 3.57. The van der Waals surface area contributed by atoms with Gasteiger partial charge in [0.2, 0.25) is 0 Å². The molecule has 0 fully saturated rings. The third-order valence-corrected chi connectivity index (χ3v) is 1.67. The van der Waals surface area contributed by atoms with Crippen LogP contribution in [0.4, 0.5) is 17.3 Å². The van der Waals surface area contributed by atoms with E-state index in [-0.39, 0.29) is 12.5 Å². The van der Waals surface area contributed by atoms with Gasteiger partial charge in [-0.1, -0.05) is 11.5 Å². The van der Waals surface area contributed by atoms with Gasteiger partial charge in [-0.3, -0.25) is 0 Å². The first-order valence-corrected chi connectivity index (χ1v) is 4.06. The minimum atomic E-state index is -5.32. The van der Waals surface area contributed by atoms with E-state index in [0.717, 1.165) is 6.07 Å². The molecule has 2 nitrogen and oxygen atoms in total. The van der Waals surface area contributed by atoms with E-state index in [1.54, 1.807) is 0 Å². The summed E-state index contributed by atoms with van der Waals surface area (Å²) in [4.78, 5) is 0. The monoisotopic (exact) mass is 223 g/mol. The summed E-state index contributed by atoms with van der Waals surface area (Å²) < 4.78 is 58.8. The average Bonchev–Trinajstić information content (AvgIpc) is 2.12. The van der Waals surface area contributed by atoms with Gasteiger partial charge in [0, 0.05) is 13.2 Å². The first-order valence-electron chi connectivity index (χ1n) is 4.06. The minimum Gasteiger partial charge on any atom is -0.467 e. The van der Waals surface area contributed by atoms with Crippen LogP contribution in [0.1, 0.15) is 0 Å². The van der Waals surface area contributed by atoms with Crippen molar-refractivity contribution >= 4 is 12.4 Å². The second-order valence-electron chi connectivity index (χ2n) is 2.81. The van der Waals surface area contributed by atoms with E-state index >= 15 is 0 Å². The van der Waals surface area contributed by atoms with Gasteiger partial charge in [0.25, 0.3) is 0 Å². The third-order valence-electron chi connectivity index (χ3n) is 1.67. The van der Waals surface area contributed by atoms with Gasteiger partial charge in [0.1, 0.15) is 5.75 Å². The van der Waals surface area contributed by atoms with E-state index in [9.17, 15) is 17.3 Å². The maximum atomic E-state index is 12.9. The molecule has 84 valence electrons. The van der Waals surface area contributed by atoms with Crippen LogP contribution in [0, 0.1) is 5.82 Å². The number of rotatable bonds is 4. The number of benzene rings is 1. The van der Waals surface area contributed by atoms with E-state index < -0.39 is 18.3 Å². The van der Waals surface area contributed by atoms with Crippen molar-refractivity contribution in [2.75, 3.05) is 13.9 Å². The van der Waals surface area contributed by atoms with Gasteiger partial charge >= 0.3 is 6.98 Å². The fourth-order valence-electron chi connectivity index (χ4n) is 0.990. The molecule has 0 spiro atoms. The summed E-state index contributed by atoms with van der Waals surface area (Å²) >= 11 is 0. The first kappa shape index (κ1) is 11.8. The Labute approximate surface area is 83.9 Å². The molecule has 0 unspecified atom stereocenters. The molecule has 0 aromatic heterocycles. The fourth-order valence-corrected chi connectivity index (χ4v) is 0.990. The second-order valence-corrected chi connectivity index (χ2v) is 2.81. The number of hydrogen-bond donors (Lipinski definition) is 0. The quantitative estimate of drug-likeness (QED) is 0.440. The number of hydrogen-bond acceptors (Lipinski definition) is 2. The van der Waals surface area contributed by atoms with Crippen LogP contribution in [0.3, 0.4) is 0 Å². The van der Waals surface area contributed by atoms with Gasteiger partial charge in [0.05, 0.1) is 5.82 Å². The highest BCUT2D eigenvalue weighted by atomic mass is 19.4. The number of methoxy groups -OCH3 is 1. The van der Waals surface area contributed by atoms with Crippen LogP contribution in [0.25, 0.3) is 0 Å². The van der Waals surface area contributed by atoms with Gasteiger partial charge in [-0.05, 0) is 6.07 Å². The van der Waals surface area contributed by atoms with Crippen molar-refractivity contribution in [3.05, 3.63) is 24.0 Å². The molecule has 0 atom stereocenters. The first-order chi connectivity index (χ1) is 6.95. The fraction of sp³-hybridized carbons (Fsp3) is 0.250. The lowest BCUT2D eigenvalue weighted by molar-refractivity contribution is 0.0509. The number of halogens is 4. The molecule has 1 aromatic carbocycles. The zero-order chi connectivity index (χ0) is 11.5. The Morgan fingerprint density at radius 2 is 1.93 bits per heavy atom. The Bertz CT molecular complexity index is 340. The molecule has 0 heterocycles. The second kappa shape index (κ2) is 4.52. The van der Waals surface area contributed by atoms with Crippen molar-refractivity contribution in [3.8, 4) is 5.75 Å². The maximum Gasteiger partial charge on any atom is 0.512 e. The largest absolute Gasteiger partial charge is 0.512 e. The molecule has 7 heteroatoms. The van der Waals surface area contributed by atoms with E-state index in [1.165, 1.54) is 7.11 Å². The molecule has 1 rings (SSSR count). The zero-order valence-electron chi connectivity index (χ0n) is 7.84. The predicted molar refractivity (Wildman–Crippen MR) is 47.6 cm³/mol. The molecule has 0 amide bonds. The lowest BCUT2D eigenvalue weighted by atomic mass is 9.80. The van der Waals surface area contributed by atoms with Gasteiger partial charge in [-0.15, -0.1) is 0 Å². The van der Waals surface area contributed by atoms with Crippen LogP contribution < -0.4 is 10.2 Å². The summed E-state index contributed by atoms with van der Waals surface area (Å²) in [6.07, 6.45) is 0. The van der Waals surface area contributed by atoms with Crippen molar-refractivity contribution in [1.29, 1.82) is 0 Å². The highest BCUT2D eigenvalue weighted by Crippen LogP contribution is 2.16. The molecular weight excluding hydrogens is 215 g/mol. The number of ether oxygens (including phenoxy) is 2. The highest BCUT2D eigenvalue weighted by Gasteiger charge is 2.28. The molecule has 0 bridgehead atoms. The van der Waals surface area contributed by atoms with Gasteiger partial charge < -0.3 is 22.4 Å². The SMILES string of the molecule is COCOc1ccc([B-](F)(F)F)c(F)c1. The Morgan fingerprint density at radius 1 is 1.27 bits per heavy atom. The summed E-state index contributed by atoms with van der Waals surface area (Å²) in [6, 6.07) is 2.39. The van der Waals surface area contributed by atoms with Crippen LogP contribution in [0.2, 0.25) is 0 Å². The summed E-state index contributed by atoms with van der Waals surface area (Å²) in [6.45, 7) is -5.46. The van der Waals surface area contributed by atoms with Crippen LogP contribution >= 0.6 is 0 Å². The van der Waals surface area contributed by atoms with E-state index in [0.29, 0.717) is 12.1 Å². The molecule has 0 radical (unpaired) electrons. The predicted octanol–water partition coefficient (Wildman–Crippen LogP) is 1.86. The van der Waals surface area contributed by atoms with Crippen LogP contribution in [-0.2, 0) is 4.74 Å². The van der Waals surface area contributed by atoms with Gasteiger partial charge in [-0.2, -0.15) is 0 Å². The van der Waals surface area contributed by atoms with Crippen molar-refractivity contribution in [1.82, 2.24) is 0 Å². The lowest BCUT2D eigenvalue weighted by Gasteiger charge is -2.16. The summed E-state index contributed by atoms with van der Waals surface area (Å²) in [5, 5.41) is 0. The summed E-state index contributed by atoms with van der Waals surface area (Å²) in [7, 11) is 1.35. The Hall–Kier alpha value is -1.24. The molecule has 0 N–H and O–H groups in total. The van der Waals surface area contributed by atoms with Crippen LogP contribution in [-0.4, -0.2) is 20.9 Å². The van der Waals surface area contributed by atoms with Gasteiger partial charge in [-0.25, -0.2) is 4.39 Å². The van der Waals surface area contributed by atoms with Crippen molar-refractivity contribution in [2.24, 2.45) is 0 Å². The maximum absolute atomic E-state index is 12.9. The minimum absolute atomic E-state index is 0.00171. The average molecular weight is 223 g/mol. The Balaban J connectivity index is 2.89. The topological polar surface area (TPSA) is 18.5 Å². The molecule has 15 heavy (non-hydrogen) atoms. The van der Waals surface area contributed by atoms with Crippen LogP contribution in [0.5, 0.6) is 5.75 Å². The summed E-state index contributed by atoms with van der Waals surface area (Å²) in [5.41, 5.74) is -1.25. The molecule has 0 saturated heterocycles. The van der Waals surface area contributed by atoms with E-state index in [4.69, 9.17) is 4.74 Å².